The van der Waals surface area contributed by atoms with Crippen LogP contribution < -0.4 is 5.32 Å². The predicted molar refractivity (Wildman–Crippen MR) is 75.7 cm³/mol. The SMILES string of the molecule is Cn1c(C2CC3CCC2N3)nc2cc(Br)ccc21. The first-order valence-corrected chi connectivity index (χ1v) is 7.39. The van der Waals surface area contributed by atoms with Crippen molar-refractivity contribution in [2.45, 2.75) is 37.3 Å². The van der Waals surface area contributed by atoms with Crippen molar-refractivity contribution in [1.82, 2.24) is 14.9 Å². The lowest BCUT2D eigenvalue weighted by Gasteiger charge is -2.19. The van der Waals surface area contributed by atoms with E-state index in [1.807, 2.05) is 0 Å². The van der Waals surface area contributed by atoms with Gasteiger partial charge in [0.1, 0.15) is 5.82 Å². The highest BCUT2D eigenvalue weighted by atomic mass is 79.9. The highest BCUT2D eigenvalue weighted by Gasteiger charge is 2.41. The molecule has 1 aromatic carbocycles. The summed E-state index contributed by atoms with van der Waals surface area (Å²) in [4.78, 5) is 4.87. The Balaban J connectivity index is 1.83. The van der Waals surface area contributed by atoms with Crippen molar-refractivity contribution in [2.24, 2.45) is 7.05 Å². The third-order valence-electron chi connectivity index (χ3n) is 4.51. The fraction of sp³-hybridized carbons (Fsp3) is 0.500. The van der Waals surface area contributed by atoms with Crippen LogP contribution in [-0.2, 0) is 7.05 Å². The summed E-state index contributed by atoms with van der Waals surface area (Å²) in [7, 11) is 2.14. The molecule has 3 nitrogen and oxygen atoms in total. The molecule has 0 radical (unpaired) electrons. The Morgan fingerprint density at radius 1 is 1.39 bits per heavy atom. The number of nitrogens with zero attached hydrogens (tertiary/aromatic N) is 2. The third-order valence-corrected chi connectivity index (χ3v) is 5.00. The van der Waals surface area contributed by atoms with Gasteiger partial charge in [0.05, 0.1) is 11.0 Å². The lowest BCUT2D eigenvalue weighted by atomic mass is 9.88. The van der Waals surface area contributed by atoms with Gasteiger partial charge in [-0.3, -0.25) is 0 Å². The van der Waals surface area contributed by atoms with E-state index in [4.69, 9.17) is 4.98 Å². The zero-order chi connectivity index (χ0) is 12.3. The number of hydrogen-bond acceptors (Lipinski definition) is 2. The summed E-state index contributed by atoms with van der Waals surface area (Å²) in [6, 6.07) is 7.73. The monoisotopic (exact) mass is 305 g/mol. The summed E-state index contributed by atoms with van der Waals surface area (Å²) in [6.07, 6.45) is 3.90. The molecule has 0 aliphatic carbocycles. The summed E-state index contributed by atoms with van der Waals surface area (Å²) >= 11 is 3.52. The van der Waals surface area contributed by atoms with Crippen LogP contribution in [0.4, 0.5) is 0 Å². The summed E-state index contributed by atoms with van der Waals surface area (Å²) in [6.45, 7) is 0. The van der Waals surface area contributed by atoms with Gasteiger partial charge in [-0.2, -0.15) is 0 Å². The van der Waals surface area contributed by atoms with Crippen LogP contribution >= 0.6 is 15.9 Å². The first-order chi connectivity index (χ1) is 8.72. The van der Waals surface area contributed by atoms with E-state index in [0.29, 0.717) is 12.0 Å². The first-order valence-electron chi connectivity index (χ1n) is 6.60. The van der Waals surface area contributed by atoms with Gasteiger partial charge in [0.15, 0.2) is 0 Å². The smallest absolute Gasteiger partial charge is 0.114 e. The Kier molecular flexibility index (Phi) is 2.33. The first kappa shape index (κ1) is 11.0. The van der Waals surface area contributed by atoms with E-state index < -0.39 is 0 Å². The number of imidazole rings is 1. The number of benzene rings is 1. The quantitative estimate of drug-likeness (QED) is 0.878. The van der Waals surface area contributed by atoms with Crippen molar-refractivity contribution in [3.05, 3.63) is 28.5 Å². The van der Waals surface area contributed by atoms with Crippen LogP contribution in [0, 0.1) is 0 Å². The van der Waals surface area contributed by atoms with Crippen LogP contribution in [0.25, 0.3) is 11.0 Å². The van der Waals surface area contributed by atoms with Crippen molar-refractivity contribution in [1.29, 1.82) is 0 Å². The molecule has 18 heavy (non-hydrogen) atoms. The minimum atomic E-state index is 0.597. The van der Waals surface area contributed by atoms with Gasteiger partial charge in [0.25, 0.3) is 0 Å². The van der Waals surface area contributed by atoms with Gasteiger partial charge in [0, 0.05) is 29.5 Å². The van der Waals surface area contributed by atoms with E-state index in [1.54, 1.807) is 0 Å². The molecule has 4 heteroatoms. The number of nitrogens with one attached hydrogen (secondary N) is 1. The van der Waals surface area contributed by atoms with E-state index in [2.05, 4.69) is 51.1 Å². The molecule has 2 aliphatic heterocycles. The summed E-state index contributed by atoms with van der Waals surface area (Å²) in [5, 5.41) is 3.70. The van der Waals surface area contributed by atoms with Crippen molar-refractivity contribution >= 4 is 27.0 Å². The second-order valence-corrected chi connectivity index (χ2v) is 6.47. The van der Waals surface area contributed by atoms with Crippen LogP contribution in [0.15, 0.2) is 22.7 Å². The van der Waals surface area contributed by atoms with Gasteiger partial charge in [-0.05, 0) is 37.5 Å². The molecule has 0 saturated carbocycles. The molecule has 2 bridgehead atoms. The predicted octanol–water partition coefficient (Wildman–Crippen LogP) is 2.94. The second kappa shape index (κ2) is 3.81. The Hall–Kier alpha value is -0.870. The molecule has 2 aliphatic rings. The average Bonchev–Trinajstić information content (AvgIpc) is 3.03. The normalized spacial score (nSPS) is 30.4. The molecule has 0 amide bonds. The fourth-order valence-electron chi connectivity index (χ4n) is 3.63. The maximum atomic E-state index is 4.87. The van der Waals surface area contributed by atoms with Crippen LogP contribution in [-0.4, -0.2) is 21.6 Å². The molecule has 0 spiro atoms. The minimum absolute atomic E-state index is 0.597. The highest BCUT2D eigenvalue weighted by molar-refractivity contribution is 9.10. The number of aromatic nitrogens is 2. The number of fused-ring (bicyclic) bond motifs is 3. The number of halogens is 1. The lowest BCUT2D eigenvalue weighted by molar-refractivity contribution is 0.478. The molecule has 1 N–H and O–H groups in total. The summed E-state index contributed by atoms with van der Waals surface area (Å²) in [5.74, 6) is 1.85. The largest absolute Gasteiger partial charge is 0.331 e. The van der Waals surface area contributed by atoms with Crippen LogP contribution in [0.1, 0.15) is 31.0 Å². The van der Waals surface area contributed by atoms with Crippen LogP contribution in [0.3, 0.4) is 0 Å². The maximum Gasteiger partial charge on any atom is 0.114 e. The van der Waals surface area contributed by atoms with E-state index in [1.165, 1.54) is 30.6 Å². The number of hydrogen-bond donors (Lipinski definition) is 1. The molecule has 2 saturated heterocycles. The van der Waals surface area contributed by atoms with Gasteiger partial charge in [-0.15, -0.1) is 0 Å². The molecule has 94 valence electrons. The zero-order valence-corrected chi connectivity index (χ0v) is 11.9. The van der Waals surface area contributed by atoms with Crippen molar-refractivity contribution in [3.8, 4) is 0 Å². The number of aryl methyl sites for hydroxylation is 1. The van der Waals surface area contributed by atoms with Crippen LogP contribution in [0.2, 0.25) is 0 Å². The van der Waals surface area contributed by atoms with Gasteiger partial charge in [-0.25, -0.2) is 4.98 Å². The average molecular weight is 306 g/mol. The Labute approximate surface area is 115 Å². The molecule has 2 aromatic rings. The van der Waals surface area contributed by atoms with Gasteiger partial charge < -0.3 is 9.88 Å². The van der Waals surface area contributed by atoms with Gasteiger partial charge in [-0.1, -0.05) is 15.9 Å². The standard InChI is InChI=1S/C14H16BrN3/c1-18-13-5-2-8(15)6-12(13)17-14(18)10-7-9-3-4-11(10)16-9/h2,5-6,9-11,16H,3-4,7H2,1H3. The Morgan fingerprint density at radius 3 is 3.00 bits per heavy atom. The van der Waals surface area contributed by atoms with Crippen LogP contribution in [0.5, 0.6) is 0 Å². The molecule has 4 rings (SSSR count). The number of rotatable bonds is 1. The van der Waals surface area contributed by atoms with E-state index in [9.17, 15) is 0 Å². The summed E-state index contributed by atoms with van der Waals surface area (Å²) in [5.41, 5.74) is 2.33. The Bertz CT molecular complexity index is 619. The maximum absolute atomic E-state index is 4.87. The molecule has 3 unspecified atom stereocenters. The van der Waals surface area contributed by atoms with E-state index in [0.717, 1.165) is 16.0 Å². The van der Waals surface area contributed by atoms with Crippen molar-refractivity contribution in [3.63, 3.8) is 0 Å². The second-order valence-electron chi connectivity index (χ2n) is 5.55. The minimum Gasteiger partial charge on any atom is -0.331 e. The highest BCUT2D eigenvalue weighted by Crippen LogP contribution is 2.40. The van der Waals surface area contributed by atoms with E-state index in [-0.39, 0.29) is 0 Å². The molecule has 3 atom stereocenters. The van der Waals surface area contributed by atoms with Crippen molar-refractivity contribution < 1.29 is 0 Å². The molecule has 2 fully saturated rings. The fourth-order valence-corrected chi connectivity index (χ4v) is 3.98. The zero-order valence-electron chi connectivity index (χ0n) is 10.4. The molecular formula is C14H16BrN3. The Morgan fingerprint density at radius 2 is 2.28 bits per heavy atom. The van der Waals surface area contributed by atoms with Gasteiger partial charge in [0.2, 0.25) is 0 Å². The molecular weight excluding hydrogens is 290 g/mol. The molecule has 3 heterocycles. The summed E-state index contributed by atoms with van der Waals surface area (Å²) < 4.78 is 3.38. The topological polar surface area (TPSA) is 29.9 Å². The van der Waals surface area contributed by atoms with Gasteiger partial charge >= 0.3 is 0 Å². The van der Waals surface area contributed by atoms with E-state index >= 15 is 0 Å². The lowest BCUT2D eigenvalue weighted by Crippen LogP contribution is -2.23. The molecule has 1 aromatic heterocycles. The third kappa shape index (κ3) is 1.48. The van der Waals surface area contributed by atoms with Crippen molar-refractivity contribution in [2.75, 3.05) is 0 Å².